The van der Waals surface area contributed by atoms with Gasteiger partial charge in [-0.2, -0.15) is 0 Å². The molecule has 156 valence electrons. The van der Waals surface area contributed by atoms with Crippen molar-refractivity contribution in [2.75, 3.05) is 11.9 Å². The van der Waals surface area contributed by atoms with Crippen LogP contribution < -0.4 is 5.32 Å². The van der Waals surface area contributed by atoms with E-state index in [9.17, 15) is 9.59 Å². The number of carbonyl (C=O) groups is 2. The summed E-state index contributed by atoms with van der Waals surface area (Å²) in [7, 11) is 0. The number of hydrogen-bond acceptors (Lipinski definition) is 5. The third kappa shape index (κ3) is 5.70. The Labute approximate surface area is 180 Å². The molecule has 2 aromatic carbocycles. The highest BCUT2D eigenvalue weighted by Gasteiger charge is 2.13. The molecule has 0 fully saturated rings. The standard InChI is InChI=1S/C23H23ClN2O4/c1-14-4-6-17(7-5-14)19-12-25-21(30-19)8-9-22(28)29-13-20(27)26-23-16(3)10-15(2)11-18(23)24/h4-7,10-12H,8-9,13H2,1-3H3,(H,26,27). The maximum Gasteiger partial charge on any atom is 0.306 e. The first kappa shape index (κ1) is 21.6. The molecule has 1 amide bonds. The van der Waals surface area contributed by atoms with Gasteiger partial charge in [0.2, 0.25) is 0 Å². The fraction of sp³-hybridized carbons (Fsp3) is 0.261. The van der Waals surface area contributed by atoms with Crippen LogP contribution in [0.25, 0.3) is 11.3 Å². The van der Waals surface area contributed by atoms with Crippen LogP contribution in [0, 0.1) is 20.8 Å². The lowest BCUT2D eigenvalue weighted by atomic mass is 10.1. The molecule has 3 aromatic rings. The zero-order chi connectivity index (χ0) is 21.7. The third-order valence-electron chi connectivity index (χ3n) is 4.49. The minimum Gasteiger partial charge on any atom is -0.456 e. The van der Waals surface area contributed by atoms with Crippen LogP contribution in [0.4, 0.5) is 5.69 Å². The van der Waals surface area contributed by atoms with Crippen LogP contribution in [0.15, 0.2) is 47.0 Å². The number of anilines is 1. The number of nitrogens with zero attached hydrogens (tertiary/aromatic N) is 1. The normalized spacial score (nSPS) is 10.7. The lowest BCUT2D eigenvalue weighted by Crippen LogP contribution is -2.21. The summed E-state index contributed by atoms with van der Waals surface area (Å²) in [6, 6.07) is 11.6. The van der Waals surface area contributed by atoms with Gasteiger partial charge in [-0.1, -0.05) is 47.5 Å². The first-order chi connectivity index (χ1) is 14.3. The summed E-state index contributed by atoms with van der Waals surface area (Å²) in [6.45, 7) is 5.40. The van der Waals surface area contributed by atoms with Crippen molar-refractivity contribution in [3.05, 3.63) is 70.2 Å². The number of rotatable bonds is 7. The van der Waals surface area contributed by atoms with E-state index in [4.69, 9.17) is 20.8 Å². The number of nitrogens with one attached hydrogen (secondary N) is 1. The van der Waals surface area contributed by atoms with Crippen molar-refractivity contribution < 1.29 is 18.7 Å². The molecule has 0 spiro atoms. The quantitative estimate of drug-likeness (QED) is 0.535. The van der Waals surface area contributed by atoms with Crippen LogP contribution in [0.3, 0.4) is 0 Å². The first-order valence-corrected chi connectivity index (χ1v) is 9.93. The van der Waals surface area contributed by atoms with Crippen LogP contribution in [0.1, 0.15) is 29.0 Å². The molecule has 0 saturated heterocycles. The Morgan fingerprint density at radius 2 is 1.83 bits per heavy atom. The van der Waals surface area contributed by atoms with Crippen LogP contribution in [-0.2, 0) is 20.7 Å². The molecule has 0 radical (unpaired) electrons. The number of ether oxygens (including phenoxy) is 1. The number of halogens is 1. The molecule has 1 aromatic heterocycles. The van der Waals surface area contributed by atoms with Crippen molar-refractivity contribution in [2.45, 2.75) is 33.6 Å². The van der Waals surface area contributed by atoms with Crippen LogP contribution in [0.5, 0.6) is 0 Å². The van der Waals surface area contributed by atoms with Gasteiger partial charge in [-0.15, -0.1) is 0 Å². The van der Waals surface area contributed by atoms with Crippen LogP contribution >= 0.6 is 11.6 Å². The van der Waals surface area contributed by atoms with E-state index in [1.165, 1.54) is 0 Å². The maximum atomic E-state index is 12.1. The topological polar surface area (TPSA) is 81.4 Å². The smallest absolute Gasteiger partial charge is 0.306 e. The number of hydrogen-bond donors (Lipinski definition) is 1. The molecule has 1 N–H and O–H groups in total. The summed E-state index contributed by atoms with van der Waals surface area (Å²) in [4.78, 5) is 28.3. The lowest BCUT2D eigenvalue weighted by molar-refractivity contribution is -0.147. The second-order valence-electron chi connectivity index (χ2n) is 7.13. The Kier molecular flexibility index (Phi) is 6.90. The molecule has 0 aliphatic carbocycles. The van der Waals surface area contributed by atoms with E-state index in [1.54, 1.807) is 12.3 Å². The third-order valence-corrected chi connectivity index (χ3v) is 4.79. The molecule has 0 saturated carbocycles. The zero-order valence-corrected chi connectivity index (χ0v) is 17.9. The monoisotopic (exact) mass is 426 g/mol. The first-order valence-electron chi connectivity index (χ1n) is 9.56. The van der Waals surface area contributed by atoms with Crippen molar-refractivity contribution in [1.82, 2.24) is 4.98 Å². The largest absolute Gasteiger partial charge is 0.456 e. The lowest BCUT2D eigenvalue weighted by Gasteiger charge is -2.11. The predicted octanol–water partition coefficient (Wildman–Crippen LogP) is 5.03. The molecule has 1 heterocycles. The van der Waals surface area contributed by atoms with Gasteiger partial charge < -0.3 is 14.5 Å². The Bertz CT molecular complexity index is 1030. The second kappa shape index (κ2) is 9.59. The molecule has 0 bridgehead atoms. The summed E-state index contributed by atoms with van der Waals surface area (Å²) < 4.78 is 10.7. The van der Waals surface area contributed by atoms with Gasteiger partial charge in [0, 0.05) is 12.0 Å². The molecule has 3 rings (SSSR count). The summed E-state index contributed by atoms with van der Waals surface area (Å²) >= 11 is 6.17. The summed E-state index contributed by atoms with van der Waals surface area (Å²) in [6.07, 6.45) is 1.98. The van der Waals surface area contributed by atoms with E-state index < -0.39 is 11.9 Å². The Hall–Kier alpha value is -3.12. The average Bonchev–Trinajstić information content (AvgIpc) is 3.17. The average molecular weight is 427 g/mol. The zero-order valence-electron chi connectivity index (χ0n) is 17.1. The number of aromatic nitrogens is 1. The SMILES string of the molecule is Cc1ccc(-c2cnc(CCC(=O)OCC(=O)Nc3c(C)cc(C)cc3Cl)o2)cc1. The van der Waals surface area contributed by atoms with Gasteiger partial charge in [0.1, 0.15) is 0 Å². The van der Waals surface area contributed by atoms with E-state index in [1.807, 2.05) is 51.1 Å². The summed E-state index contributed by atoms with van der Waals surface area (Å²) in [5, 5.41) is 3.13. The van der Waals surface area contributed by atoms with Gasteiger partial charge in [-0.05, 0) is 38.0 Å². The van der Waals surface area contributed by atoms with E-state index in [-0.39, 0.29) is 19.4 Å². The number of amides is 1. The van der Waals surface area contributed by atoms with Crippen molar-refractivity contribution in [3.8, 4) is 11.3 Å². The van der Waals surface area contributed by atoms with E-state index in [0.717, 1.165) is 22.3 Å². The van der Waals surface area contributed by atoms with E-state index in [2.05, 4.69) is 10.3 Å². The molecule has 0 aliphatic rings. The molecule has 0 atom stereocenters. The van der Waals surface area contributed by atoms with Crippen molar-refractivity contribution >= 4 is 29.2 Å². The molecule has 0 unspecified atom stereocenters. The van der Waals surface area contributed by atoms with E-state index in [0.29, 0.717) is 22.4 Å². The van der Waals surface area contributed by atoms with Crippen molar-refractivity contribution in [1.29, 1.82) is 0 Å². The van der Waals surface area contributed by atoms with Gasteiger partial charge in [-0.3, -0.25) is 9.59 Å². The van der Waals surface area contributed by atoms with Gasteiger partial charge in [0.25, 0.3) is 5.91 Å². The maximum absolute atomic E-state index is 12.1. The number of carbonyl (C=O) groups excluding carboxylic acids is 2. The fourth-order valence-corrected chi connectivity index (χ4v) is 3.32. The van der Waals surface area contributed by atoms with Crippen molar-refractivity contribution in [2.24, 2.45) is 0 Å². The molecular formula is C23H23ClN2O4. The minimum atomic E-state index is -0.507. The molecule has 7 heteroatoms. The Morgan fingerprint density at radius 1 is 1.10 bits per heavy atom. The van der Waals surface area contributed by atoms with Gasteiger partial charge >= 0.3 is 5.97 Å². The molecular weight excluding hydrogens is 404 g/mol. The fourth-order valence-electron chi connectivity index (χ4n) is 2.95. The van der Waals surface area contributed by atoms with Crippen molar-refractivity contribution in [3.63, 3.8) is 0 Å². The van der Waals surface area contributed by atoms with Crippen LogP contribution in [-0.4, -0.2) is 23.5 Å². The Balaban J connectivity index is 1.46. The molecule has 6 nitrogen and oxygen atoms in total. The number of aryl methyl sites for hydroxylation is 4. The number of benzene rings is 2. The van der Waals surface area contributed by atoms with E-state index >= 15 is 0 Å². The molecule has 0 aliphatic heterocycles. The minimum absolute atomic E-state index is 0.0610. The summed E-state index contributed by atoms with van der Waals surface area (Å²) in [5.41, 5.74) is 4.44. The van der Waals surface area contributed by atoms with Crippen LogP contribution in [0.2, 0.25) is 5.02 Å². The highest BCUT2D eigenvalue weighted by atomic mass is 35.5. The summed E-state index contributed by atoms with van der Waals surface area (Å²) in [5.74, 6) is 0.124. The van der Waals surface area contributed by atoms with Gasteiger partial charge in [0.15, 0.2) is 18.3 Å². The molecule has 30 heavy (non-hydrogen) atoms. The number of oxazole rings is 1. The predicted molar refractivity (Wildman–Crippen MR) is 116 cm³/mol. The second-order valence-corrected chi connectivity index (χ2v) is 7.54. The highest BCUT2D eigenvalue weighted by Crippen LogP contribution is 2.27. The Morgan fingerprint density at radius 3 is 2.53 bits per heavy atom. The van der Waals surface area contributed by atoms with Gasteiger partial charge in [0.05, 0.1) is 23.3 Å². The highest BCUT2D eigenvalue weighted by molar-refractivity contribution is 6.34. The number of esters is 1. The van der Waals surface area contributed by atoms with Gasteiger partial charge in [-0.25, -0.2) is 4.98 Å².